The molecule has 0 aliphatic rings. The Balaban J connectivity index is 2.68. The van der Waals surface area contributed by atoms with Gasteiger partial charge in [-0.25, -0.2) is 5.84 Å². The Hall–Kier alpha value is -1.55. The van der Waals surface area contributed by atoms with Gasteiger partial charge in [0.15, 0.2) is 0 Å². The molecule has 0 saturated carbocycles. The van der Waals surface area contributed by atoms with Crippen LogP contribution in [0.2, 0.25) is 0 Å². The molecule has 0 unspecified atom stereocenters. The minimum absolute atomic E-state index is 0.618. The van der Waals surface area contributed by atoms with Crippen LogP contribution in [-0.2, 0) is 6.54 Å². The summed E-state index contributed by atoms with van der Waals surface area (Å²) in [5.74, 6) is 10.6. The van der Waals surface area contributed by atoms with Crippen LogP contribution in [0.3, 0.4) is 0 Å². The summed E-state index contributed by atoms with van der Waals surface area (Å²) < 4.78 is 0. The Kier molecular flexibility index (Phi) is 3.28. The molecule has 0 bridgehead atoms. The van der Waals surface area contributed by atoms with Gasteiger partial charge in [-0.1, -0.05) is 24.3 Å². The van der Waals surface area contributed by atoms with Gasteiger partial charge in [0.05, 0.1) is 6.54 Å². The van der Waals surface area contributed by atoms with Gasteiger partial charge in [0.25, 0.3) is 0 Å². The largest absolute Gasteiger partial charge is 0.322 e. The van der Waals surface area contributed by atoms with Crippen molar-refractivity contribution in [1.82, 2.24) is 5.01 Å². The van der Waals surface area contributed by atoms with E-state index < -0.39 is 0 Å². The second kappa shape index (κ2) is 4.47. The Bertz CT molecular complexity index is 295. The first-order valence-corrected chi connectivity index (χ1v) is 4.03. The van der Waals surface area contributed by atoms with Gasteiger partial charge < -0.3 is 5.84 Å². The number of nitrogens with zero attached hydrogens (tertiary/aromatic N) is 2. The van der Waals surface area contributed by atoms with Crippen LogP contribution in [-0.4, -0.2) is 11.3 Å². The van der Waals surface area contributed by atoms with Crippen molar-refractivity contribution in [3.8, 4) is 0 Å². The molecule has 70 valence electrons. The Morgan fingerprint density at radius 1 is 1.46 bits per heavy atom. The molecule has 0 aromatic heterocycles. The monoisotopic (exact) mass is 178 g/mol. The first-order chi connectivity index (χ1) is 6.24. The molecule has 0 saturated heterocycles. The minimum Gasteiger partial charge on any atom is -0.322 e. The molecule has 0 amide bonds. The van der Waals surface area contributed by atoms with Gasteiger partial charge >= 0.3 is 0 Å². The fourth-order valence-corrected chi connectivity index (χ4v) is 1.11. The fraction of sp³-hybridized carbons (Fsp3) is 0.222. The molecule has 4 heteroatoms. The number of rotatable bonds is 3. The zero-order chi connectivity index (χ0) is 9.68. The minimum atomic E-state index is 0.618. The molecule has 0 heterocycles. The van der Waals surface area contributed by atoms with Crippen LogP contribution in [0.4, 0.5) is 0 Å². The maximum atomic E-state index is 5.59. The zero-order valence-corrected chi connectivity index (χ0v) is 7.64. The summed E-state index contributed by atoms with van der Waals surface area (Å²) in [5, 5.41) is 4.78. The smallest absolute Gasteiger partial charge is 0.125 e. The predicted molar refractivity (Wildman–Crippen MR) is 53.6 cm³/mol. The average Bonchev–Trinajstić information content (AvgIpc) is 2.09. The summed E-state index contributed by atoms with van der Waals surface area (Å²) in [7, 11) is 0. The molecular formula is C9H14N4. The molecule has 0 atom stereocenters. The summed E-state index contributed by atoms with van der Waals surface area (Å²) in [6.07, 6.45) is 1.40. The van der Waals surface area contributed by atoms with E-state index in [4.69, 9.17) is 11.7 Å². The van der Waals surface area contributed by atoms with Crippen molar-refractivity contribution in [2.75, 3.05) is 0 Å². The van der Waals surface area contributed by atoms with Crippen LogP contribution in [0.1, 0.15) is 11.1 Å². The number of hydrogen-bond acceptors (Lipinski definition) is 3. The number of aryl methyl sites for hydroxylation is 1. The first-order valence-electron chi connectivity index (χ1n) is 4.03. The van der Waals surface area contributed by atoms with Gasteiger partial charge in [0.2, 0.25) is 0 Å². The molecular weight excluding hydrogens is 164 g/mol. The third-order valence-electron chi connectivity index (χ3n) is 1.83. The van der Waals surface area contributed by atoms with Gasteiger partial charge in [0.1, 0.15) is 6.34 Å². The van der Waals surface area contributed by atoms with E-state index in [0.717, 1.165) is 0 Å². The molecule has 0 radical (unpaired) electrons. The highest BCUT2D eigenvalue weighted by Gasteiger charge is 1.98. The summed E-state index contributed by atoms with van der Waals surface area (Å²) in [4.78, 5) is 0. The third-order valence-corrected chi connectivity index (χ3v) is 1.83. The first kappa shape index (κ1) is 9.54. The van der Waals surface area contributed by atoms with Gasteiger partial charge in [-0.05, 0) is 18.1 Å². The molecule has 0 fully saturated rings. The normalized spacial score (nSPS) is 10.6. The van der Waals surface area contributed by atoms with Crippen LogP contribution in [0.5, 0.6) is 0 Å². The van der Waals surface area contributed by atoms with E-state index in [1.807, 2.05) is 31.2 Å². The van der Waals surface area contributed by atoms with Crippen LogP contribution in [0.15, 0.2) is 29.4 Å². The van der Waals surface area contributed by atoms with Gasteiger partial charge in [-0.15, -0.1) is 0 Å². The van der Waals surface area contributed by atoms with Crippen molar-refractivity contribution in [1.29, 1.82) is 0 Å². The van der Waals surface area contributed by atoms with Crippen LogP contribution < -0.4 is 11.7 Å². The van der Waals surface area contributed by atoms with E-state index in [9.17, 15) is 0 Å². The Labute approximate surface area is 77.8 Å². The Morgan fingerprint density at radius 3 is 2.77 bits per heavy atom. The predicted octanol–water partition coefficient (Wildman–Crippen LogP) is 0.573. The molecule has 1 rings (SSSR count). The molecule has 0 aliphatic carbocycles. The summed E-state index contributed by atoms with van der Waals surface area (Å²) in [6, 6.07) is 8.05. The molecule has 1 aromatic rings. The van der Waals surface area contributed by atoms with E-state index in [-0.39, 0.29) is 0 Å². The highest BCUT2D eigenvalue weighted by Crippen LogP contribution is 2.07. The summed E-state index contributed by atoms with van der Waals surface area (Å²) in [5.41, 5.74) is 2.38. The summed E-state index contributed by atoms with van der Waals surface area (Å²) >= 11 is 0. The quantitative estimate of drug-likeness (QED) is 0.308. The maximum Gasteiger partial charge on any atom is 0.125 e. The molecule has 0 aliphatic heterocycles. The van der Waals surface area contributed by atoms with Crippen LogP contribution in [0.25, 0.3) is 0 Å². The zero-order valence-electron chi connectivity index (χ0n) is 7.64. The van der Waals surface area contributed by atoms with E-state index in [0.29, 0.717) is 6.54 Å². The van der Waals surface area contributed by atoms with Crippen molar-refractivity contribution in [3.63, 3.8) is 0 Å². The van der Waals surface area contributed by atoms with Gasteiger partial charge in [0, 0.05) is 0 Å². The Morgan fingerprint density at radius 2 is 2.15 bits per heavy atom. The average molecular weight is 178 g/mol. The number of hydrogen-bond donors (Lipinski definition) is 2. The van der Waals surface area contributed by atoms with Crippen molar-refractivity contribution in [2.45, 2.75) is 13.5 Å². The molecule has 4 nitrogen and oxygen atoms in total. The fourth-order valence-electron chi connectivity index (χ4n) is 1.11. The van der Waals surface area contributed by atoms with Crippen molar-refractivity contribution < 1.29 is 0 Å². The maximum absolute atomic E-state index is 5.59. The number of hydrazone groups is 1. The summed E-state index contributed by atoms with van der Waals surface area (Å²) in [6.45, 7) is 2.66. The lowest BCUT2D eigenvalue weighted by atomic mass is 10.1. The van der Waals surface area contributed by atoms with Crippen molar-refractivity contribution >= 4 is 6.34 Å². The van der Waals surface area contributed by atoms with Gasteiger partial charge in [-0.3, -0.25) is 5.01 Å². The molecule has 0 spiro atoms. The van der Waals surface area contributed by atoms with Crippen LogP contribution >= 0.6 is 0 Å². The van der Waals surface area contributed by atoms with Crippen molar-refractivity contribution in [2.24, 2.45) is 16.8 Å². The van der Waals surface area contributed by atoms with Crippen molar-refractivity contribution in [3.05, 3.63) is 35.4 Å². The number of benzene rings is 1. The molecule has 4 N–H and O–H groups in total. The standard InChI is InChI=1S/C9H14N4/c1-8-4-2-3-5-9(8)6-13(11)7-12-10/h2-5,7H,6,10-11H2,1H3/b12-7-. The van der Waals surface area contributed by atoms with E-state index in [2.05, 4.69) is 5.10 Å². The van der Waals surface area contributed by atoms with Crippen LogP contribution in [0, 0.1) is 6.92 Å². The highest BCUT2D eigenvalue weighted by atomic mass is 15.4. The van der Waals surface area contributed by atoms with E-state index >= 15 is 0 Å². The second-order valence-electron chi connectivity index (χ2n) is 2.86. The van der Waals surface area contributed by atoms with Gasteiger partial charge in [-0.2, -0.15) is 5.10 Å². The SMILES string of the molecule is Cc1ccccc1CN(N)/C=N\N. The lowest BCUT2D eigenvalue weighted by Crippen LogP contribution is -2.29. The molecule has 13 heavy (non-hydrogen) atoms. The highest BCUT2D eigenvalue weighted by molar-refractivity contribution is 5.53. The lowest BCUT2D eigenvalue weighted by Gasteiger charge is -2.13. The number of nitrogens with two attached hydrogens (primary N) is 2. The topological polar surface area (TPSA) is 67.6 Å². The molecule has 1 aromatic carbocycles. The van der Waals surface area contributed by atoms with E-state index in [1.54, 1.807) is 0 Å². The lowest BCUT2D eigenvalue weighted by molar-refractivity contribution is 0.445. The number of hydrazine groups is 1. The second-order valence-corrected chi connectivity index (χ2v) is 2.86. The third kappa shape index (κ3) is 2.76. The van der Waals surface area contributed by atoms with E-state index in [1.165, 1.54) is 22.5 Å².